The van der Waals surface area contributed by atoms with Gasteiger partial charge in [-0.3, -0.25) is 4.79 Å². The van der Waals surface area contributed by atoms with Gasteiger partial charge in [-0.1, -0.05) is 13.8 Å². The monoisotopic (exact) mass is 213 g/mol. The Morgan fingerprint density at radius 2 is 2.33 bits per heavy atom. The number of carbonyl (C=O) groups is 1. The van der Waals surface area contributed by atoms with Crippen molar-refractivity contribution in [3.8, 4) is 0 Å². The number of morpholine rings is 1. The molecule has 1 aliphatic rings. The molecule has 1 fully saturated rings. The number of carbonyl (C=O) groups excluding carboxylic acids is 1. The maximum absolute atomic E-state index is 11.9. The van der Waals surface area contributed by atoms with Crippen LogP contribution in [0.2, 0.25) is 0 Å². The summed E-state index contributed by atoms with van der Waals surface area (Å²) in [6.07, 6.45) is 0.635. The highest BCUT2D eigenvalue weighted by Gasteiger charge is 2.29. The number of hydrogen-bond acceptors (Lipinski definition) is 3. The molecule has 0 aromatic carbocycles. The molecular weight excluding hydrogens is 193 g/mol. The minimum absolute atomic E-state index is 0.0175. The molecule has 3 unspecified atom stereocenters. The van der Waals surface area contributed by atoms with E-state index in [1.807, 2.05) is 26.6 Å². The summed E-state index contributed by atoms with van der Waals surface area (Å²) in [5.74, 6) is 0.237. The van der Waals surface area contributed by atoms with Crippen molar-refractivity contribution in [1.29, 1.82) is 0 Å². The van der Waals surface area contributed by atoms with E-state index in [1.165, 1.54) is 0 Å². The van der Waals surface area contributed by atoms with Crippen molar-refractivity contribution in [2.75, 3.05) is 19.7 Å². The quantitative estimate of drug-likeness (QED) is 0.625. The van der Waals surface area contributed by atoms with Gasteiger partial charge in [-0.15, -0.1) is 0 Å². The van der Waals surface area contributed by atoms with Crippen LogP contribution in [0, 0.1) is 5.92 Å². The highest BCUT2D eigenvalue weighted by Crippen LogP contribution is 2.14. The average molecular weight is 213 g/mol. The summed E-state index contributed by atoms with van der Waals surface area (Å²) in [7, 11) is 1.93. The molecule has 3 atom stereocenters. The Bertz CT molecular complexity index is 225. The molecule has 1 rings (SSSR count). The fourth-order valence-corrected chi connectivity index (χ4v) is 1.81. The molecule has 1 N–H and O–H groups in total. The van der Waals surface area contributed by atoms with Crippen molar-refractivity contribution in [3.05, 3.63) is 0 Å². The fourth-order valence-electron chi connectivity index (χ4n) is 1.81. The predicted molar refractivity (Wildman–Crippen MR) is 60.3 cm³/mol. The van der Waals surface area contributed by atoms with Crippen LogP contribution in [0.5, 0.6) is 0 Å². The van der Waals surface area contributed by atoms with Gasteiger partial charge in [0.25, 0.3) is 0 Å². The van der Waals surface area contributed by atoms with E-state index in [0.717, 1.165) is 6.42 Å². The predicted octanol–water partition coefficient (Wildman–Crippen LogP) is -0.789. The smallest absolute Gasteiger partial charge is 0.225 e. The van der Waals surface area contributed by atoms with E-state index in [0.29, 0.717) is 13.1 Å². The van der Waals surface area contributed by atoms with E-state index >= 15 is 0 Å². The average Bonchev–Trinajstić information content (AvgIpc) is 2.26. The van der Waals surface area contributed by atoms with Crippen LogP contribution in [0.1, 0.15) is 20.3 Å². The lowest BCUT2D eigenvalue weighted by Gasteiger charge is -2.37. The first-order chi connectivity index (χ1) is 7.08. The molecule has 1 saturated heterocycles. The van der Waals surface area contributed by atoms with Gasteiger partial charge in [0.1, 0.15) is 7.85 Å². The van der Waals surface area contributed by atoms with Gasteiger partial charge in [-0.25, -0.2) is 0 Å². The van der Waals surface area contributed by atoms with Gasteiger partial charge in [0.2, 0.25) is 5.91 Å². The van der Waals surface area contributed by atoms with Crippen LogP contribution in [-0.2, 0) is 9.53 Å². The molecule has 0 bridgehead atoms. The highest BCUT2D eigenvalue weighted by atomic mass is 16.5. The summed E-state index contributed by atoms with van der Waals surface area (Å²) in [5, 5.41) is 9.04. The summed E-state index contributed by atoms with van der Waals surface area (Å²) in [6.45, 7) is 5.09. The first-order valence-corrected chi connectivity index (χ1v) is 5.63. The Morgan fingerprint density at radius 3 is 2.87 bits per heavy atom. The minimum atomic E-state index is -0.221. The number of hydrogen-bond donors (Lipinski definition) is 1. The van der Waals surface area contributed by atoms with Crippen LogP contribution in [0.25, 0.3) is 0 Å². The molecule has 4 nitrogen and oxygen atoms in total. The van der Waals surface area contributed by atoms with Crippen molar-refractivity contribution >= 4 is 13.8 Å². The van der Waals surface area contributed by atoms with Gasteiger partial charge >= 0.3 is 0 Å². The molecule has 1 aliphatic heterocycles. The topological polar surface area (TPSA) is 49.8 Å². The summed E-state index contributed by atoms with van der Waals surface area (Å²) >= 11 is 0. The van der Waals surface area contributed by atoms with Crippen molar-refractivity contribution in [2.24, 2.45) is 5.92 Å². The maximum atomic E-state index is 11.9. The SMILES string of the molecule is BC1CN(C(=O)C(C)CC)CC(CO)O1. The van der Waals surface area contributed by atoms with Gasteiger partial charge in [-0.2, -0.15) is 0 Å². The second-order valence-corrected chi connectivity index (χ2v) is 4.30. The van der Waals surface area contributed by atoms with Crippen LogP contribution in [-0.4, -0.2) is 55.6 Å². The normalized spacial score (nSPS) is 28.9. The van der Waals surface area contributed by atoms with Crippen LogP contribution >= 0.6 is 0 Å². The Labute approximate surface area is 92.0 Å². The molecule has 0 spiro atoms. The van der Waals surface area contributed by atoms with Gasteiger partial charge in [0.15, 0.2) is 0 Å². The van der Waals surface area contributed by atoms with Gasteiger partial charge in [-0.05, 0) is 6.42 Å². The molecule has 0 saturated carbocycles. The molecular formula is C10H20BNO3. The van der Waals surface area contributed by atoms with E-state index < -0.39 is 0 Å². The summed E-state index contributed by atoms with van der Waals surface area (Å²) in [6, 6.07) is 0.0175. The minimum Gasteiger partial charge on any atom is -0.394 e. The lowest BCUT2D eigenvalue weighted by molar-refractivity contribution is -0.146. The molecule has 0 aromatic rings. The second kappa shape index (κ2) is 5.51. The number of amides is 1. The summed E-state index contributed by atoms with van der Waals surface area (Å²) in [4.78, 5) is 13.7. The van der Waals surface area contributed by atoms with E-state index in [4.69, 9.17) is 9.84 Å². The van der Waals surface area contributed by atoms with Crippen LogP contribution in [0.3, 0.4) is 0 Å². The van der Waals surface area contributed by atoms with E-state index in [9.17, 15) is 4.79 Å². The highest BCUT2D eigenvalue weighted by molar-refractivity contribution is 6.11. The van der Waals surface area contributed by atoms with Crippen molar-refractivity contribution in [1.82, 2.24) is 4.90 Å². The Kier molecular flexibility index (Phi) is 4.60. The Balaban J connectivity index is 2.57. The first-order valence-electron chi connectivity index (χ1n) is 5.63. The molecule has 1 heterocycles. The summed E-state index contributed by atoms with van der Waals surface area (Å²) < 4.78 is 5.49. The molecule has 0 aromatic heterocycles. The number of rotatable bonds is 3. The van der Waals surface area contributed by atoms with Crippen molar-refractivity contribution < 1.29 is 14.6 Å². The van der Waals surface area contributed by atoms with E-state index in [-0.39, 0.29) is 30.5 Å². The first kappa shape index (κ1) is 12.5. The number of ether oxygens (including phenoxy) is 1. The van der Waals surface area contributed by atoms with E-state index in [1.54, 1.807) is 0 Å². The van der Waals surface area contributed by atoms with Crippen molar-refractivity contribution in [3.63, 3.8) is 0 Å². The zero-order chi connectivity index (χ0) is 11.4. The Morgan fingerprint density at radius 1 is 1.67 bits per heavy atom. The van der Waals surface area contributed by atoms with E-state index in [2.05, 4.69) is 0 Å². The fraction of sp³-hybridized carbons (Fsp3) is 0.900. The summed E-state index contributed by atoms with van der Waals surface area (Å²) in [5.41, 5.74) is 0. The van der Waals surface area contributed by atoms with Crippen LogP contribution in [0.15, 0.2) is 0 Å². The number of aliphatic hydroxyl groups excluding tert-OH is 1. The largest absolute Gasteiger partial charge is 0.394 e. The molecule has 15 heavy (non-hydrogen) atoms. The van der Waals surface area contributed by atoms with Gasteiger partial charge in [0, 0.05) is 25.0 Å². The zero-order valence-corrected chi connectivity index (χ0v) is 9.77. The molecule has 0 radical (unpaired) electrons. The number of nitrogens with zero attached hydrogens (tertiary/aromatic N) is 1. The standard InChI is InChI=1S/C10H20BNO3/c1-3-7(2)10(14)12-4-8(6-13)15-9(11)5-12/h7-9,13H,3-6,11H2,1-2H3. The Hall–Kier alpha value is -0.545. The third kappa shape index (κ3) is 3.21. The van der Waals surface area contributed by atoms with Gasteiger partial charge < -0.3 is 14.7 Å². The molecule has 0 aliphatic carbocycles. The third-order valence-corrected chi connectivity index (χ3v) is 2.88. The van der Waals surface area contributed by atoms with Crippen molar-refractivity contribution in [2.45, 2.75) is 32.4 Å². The van der Waals surface area contributed by atoms with Crippen LogP contribution < -0.4 is 0 Å². The molecule has 1 amide bonds. The molecule has 5 heteroatoms. The van der Waals surface area contributed by atoms with Crippen LogP contribution in [0.4, 0.5) is 0 Å². The lowest BCUT2D eigenvalue weighted by atomic mass is 9.96. The zero-order valence-electron chi connectivity index (χ0n) is 9.77. The molecule has 86 valence electrons. The third-order valence-electron chi connectivity index (χ3n) is 2.88. The second-order valence-electron chi connectivity index (χ2n) is 4.30. The lowest BCUT2D eigenvalue weighted by Crippen LogP contribution is -2.52. The maximum Gasteiger partial charge on any atom is 0.225 e. The number of aliphatic hydroxyl groups is 1. The van der Waals surface area contributed by atoms with Gasteiger partial charge in [0.05, 0.1) is 12.7 Å².